The van der Waals surface area contributed by atoms with E-state index < -0.39 is 17.7 Å². The summed E-state index contributed by atoms with van der Waals surface area (Å²) in [5.74, 6) is 0.00166. The predicted molar refractivity (Wildman–Crippen MR) is 129 cm³/mol. The smallest absolute Gasteiger partial charge is 0.379 e. The Labute approximate surface area is 208 Å². The predicted octanol–water partition coefficient (Wildman–Crippen LogP) is 2.20. The Kier molecular flexibility index (Phi) is 7.29. The number of aromatic nitrogens is 2. The summed E-state index contributed by atoms with van der Waals surface area (Å²) in [4.78, 5) is 28.6. The number of hydrogen-bond donors (Lipinski definition) is 1. The minimum absolute atomic E-state index is 0.120. The summed E-state index contributed by atoms with van der Waals surface area (Å²) in [6.45, 7) is 6.36. The van der Waals surface area contributed by atoms with Crippen LogP contribution in [-0.2, 0) is 22.1 Å². The molecular formula is C25H31F3N6O2. The van der Waals surface area contributed by atoms with Gasteiger partial charge in [-0.3, -0.25) is 9.69 Å². The molecule has 11 heteroatoms. The lowest BCUT2D eigenvalue weighted by Crippen LogP contribution is -2.61. The second kappa shape index (κ2) is 10.6. The number of nitrogens with zero attached hydrogens (tertiary/aromatic N) is 5. The van der Waals surface area contributed by atoms with Crippen molar-refractivity contribution in [1.29, 1.82) is 0 Å². The van der Waals surface area contributed by atoms with Gasteiger partial charge in [-0.25, -0.2) is 9.97 Å². The Morgan fingerprint density at radius 3 is 2.64 bits per heavy atom. The average molecular weight is 505 g/mol. The standard InChI is InChI=1S/C25H31F3N6O2/c26-25(27,28)19-3-4-21-18(15-19)16-20(23(35)29-7-2-8-32-11-13-36-14-12-32)22-17-33(9-10-34(21)22)24-30-5-1-6-31-24/h1,3-6,15,20,22H,2,7-14,16-17H2,(H,29,35)/t20-,22+/m1/s1. The van der Waals surface area contributed by atoms with E-state index >= 15 is 0 Å². The van der Waals surface area contributed by atoms with Crippen molar-refractivity contribution in [1.82, 2.24) is 20.2 Å². The molecule has 4 heterocycles. The van der Waals surface area contributed by atoms with E-state index in [9.17, 15) is 18.0 Å². The van der Waals surface area contributed by atoms with E-state index in [1.165, 1.54) is 6.07 Å². The molecule has 3 aliphatic rings. The third-order valence-corrected chi connectivity index (χ3v) is 7.26. The number of rotatable bonds is 6. The summed E-state index contributed by atoms with van der Waals surface area (Å²) >= 11 is 0. The zero-order chi connectivity index (χ0) is 25.1. The zero-order valence-electron chi connectivity index (χ0n) is 20.1. The van der Waals surface area contributed by atoms with Crippen molar-refractivity contribution in [2.45, 2.75) is 25.1 Å². The summed E-state index contributed by atoms with van der Waals surface area (Å²) in [7, 11) is 0. The number of alkyl halides is 3. The lowest BCUT2D eigenvalue weighted by Gasteiger charge is -2.49. The van der Waals surface area contributed by atoms with Gasteiger partial charge in [-0.15, -0.1) is 0 Å². The number of amides is 1. The number of ether oxygens (including phenoxy) is 1. The first-order chi connectivity index (χ1) is 17.4. The number of morpholine rings is 1. The molecule has 2 saturated heterocycles. The molecule has 0 spiro atoms. The van der Waals surface area contributed by atoms with E-state index in [0.29, 0.717) is 37.7 Å². The largest absolute Gasteiger partial charge is 0.416 e. The van der Waals surface area contributed by atoms with E-state index in [2.05, 4.69) is 30.0 Å². The Hall–Kier alpha value is -2.92. The molecule has 0 aliphatic carbocycles. The number of piperazine rings is 1. The van der Waals surface area contributed by atoms with Gasteiger partial charge in [0.25, 0.3) is 0 Å². The number of benzene rings is 1. The molecule has 1 aromatic heterocycles. The molecule has 2 aromatic rings. The van der Waals surface area contributed by atoms with Crippen LogP contribution in [0.1, 0.15) is 17.5 Å². The molecule has 8 nitrogen and oxygen atoms in total. The normalized spacial score (nSPS) is 22.6. The summed E-state index contributed by atoms with van der Waals surface area (Å²) in [5, 5.41) is 3.06. The molecule has 2 atom stereocenters. The van der Waals surface area contributed by atoms with E-state index in [1.54, 1.807) is 24.5 Å². The van der Waals surface area contributed by atoms with Crippen LogP contribution < -0.4 is 15.1 Å². The van der Waals surface area contributed by atoms with Crippen molar-refractivity contribution in [3.63, 3.8) is 0 Å². The lowest BCUT2D eigenvalue weighted by atomic mass is 9.82. The van der Waals surface area contributed by atoms with Crippen molar-refractivity contribution in [3.05, 3.63) is 47.8 Å². The molecule has 1 aromatic carbocycles. The van der Waals surface area contributed by atoms with Gasteiger partial charge in [0, 0.05) is 57.3 Å². The van der Waals surface area contributed by atoms with Crippen molar-refractivity contribution in [2.75, 3.05) is 68.8 Å². The van der Waals surface area contributed by atoms with Gasteiger partial charge in [0.15, 0.2) is 0 Å². The molecule has 0 saturated carbocycles. The number of hydrogen-bond acceptors (Lipinski definition) is 7. The van der Waals surface area contributed by atoms with Crippen LogP contribution in [0.5, 0.6) is 0 Å². The van der Waals surface area contributed by atoms with Gasteiger partial charge in [-0.2, -0.15) is 13.2 Å². The van der Waals surface area contributed by atoms with Gasteiger partial charge in [0.2, 0.25) is 11.9 Å². The van der Waals surface area contributed by atoms with Crippen LogP contribution in [0.3, 0.4) is 0 Å². The second-order valence-electron chi connectivity index (χ2n) is 9.51. The Balaban J connectivity index is 1.32. The number of halogens is 3. The number of nitrogens with one attached hydrogen (secondary N) is 1. The molecule has 1 N–H and O–H groups in total. The minimum atomic E-state index is -4.42. The first kappa shape index (κ1) is 24.8. The van der Waals surface area contributed by atoms with Crippen LogP contribution >= 0.6 is 0 Å². The van der Waals surface area contributed by atoms with E-state index in [-0.39, 0.29) is 18.4 Å². The fourth-order valence-electron chi connectivity index (χ4n) is 5.41. The molecule has 0 bridgehead atoms. The first-order valence-electron chi connectivity index (χ1n) is 12.5. The van der Waals surface area contributed by atoms with Crippen LogP contribution in [0.2, 0.25) is 0 Å². The van der Waals surface area contributed by atoms with Gasteiger partial charge in [-0.1, -0.05) is 0 Å². The van der Waals surface area contributed by atoms with Crippen LogP contribution in [0.15, 0.2) is 36.7 Å². The van der Waals surface area contributed by atoms with Gasteiger partial charge in [0.05, 0.1) is 30.7 Å². The molecule has 2 fully saturated rings. The highest BCUT2D eigenvalue weighted by Gasteiger charge is 2.43. The van der Waals surface area contributed by atoms with Gasteiger partial charge in [-0.05, 0) is 49.2 Å². The quantitative estimate of drug-likeness (QED) is 0.605. The van der Waals surface area contributed by atoms with Gasteiger partial charge < -0.3 is 19.9 Å². The van der Waals surface area contributed by atoms with E-state index in [0.717, 1.165) is 51.0 Å². The topological polar surface area (TPSA) is 73.8 Å². The van der Waals surface area contributed by atoms with Gasteiger partial charge >= 0.3 is 6.18 Å². The number of carbonyl (C=O) groups excluding carboxylic acids is 1. The van der Waals surface area contributed by atoms with Crippen molar-refractivity contribution in [2.24, 2.45) is 5.92 Å². The fourth-order valence-corrected chi connectivity index (χ4v) is 5.41. The summed E-state index contributed by atoms with van der Waals surface area (Å²) in [5.41, 5.74) is 0.664. The maximum absolute atomic E-state index is 13.4. The number of anilines is 2. The fraction of sp³-hybridized carbons (Fsp3) is 0.560. The third-order valence-electron chi connectivity index (χ3n) is 7.26. The summed E-state index contributed by atoms with van der Waals surface area (Å²) in [6, 6.07) is 5.45. The first-order valence-corrected chi connectivity index (χ1v) is 12.5. The van der Waals surface area contributed by atoms with Crippen LogP contribution in [-0.4, -0.2) is 85.8 Å². The maximum Gasteiger partial charge on any atom is 0.416 e. The molecule has 1 amide bonds. The van der Waals surface area contributed by atoms with Gasteiger partial charge in [0.1, 0.15) is 0 Å². The Bertz CT molecular complexity index is 1050. The van der Waals surface area contributed by atoms with Crippen LogP contribution in [0.4, 0.5) is 24.8 Å². The van der Waals surface area contributed by atoms with Crippen molar-refractivity contribution < 1.29 is 22.7 Å². The van der Waals surface area contributed by atoms with Crippen LogP contribution in [0, 0.1) is 5.92 Å². The molecule has 194 valence electrons. The molecule has 0 unspecified atom stereocenters. The third kappa shape index (κ3) is 5.41. The second-order valence-corrected chi connectivity index (χ2v) is 9.51. The highest BCUT2D eigenvalue weighted by atomic mass is 19.4. The van der Waals surface area contributed by atoms with E-state index in [1.807, 2.05) is 0 Å². The molecule has 3 aliphatic heterocycles. The SMILES string of the molecule is O=C(NCCCN1CCOCC1)[C@@H]1Cc2cc(C(F)(F)F)ccc2N2CCN(c3ncccn3)C[C@@H]12. The zero-order valence-corrected chi connectivity index (χ0v) is 20.1. The lowest BCUT2D eigenvalue weighted by molar-refractivity contribution is -0.137. The van der Waals surface area contributed by atoms with Crippen LogP contribution in [0.25, 0.3) is 0 Å². The van der Waals surface area contributed by atoms with E-state index in [4.69, 9.17) is 4.74 Å². The molecule has 36 heavy (non-hydrogen) atoms. The summed E-state index contributed by atoms with van der Waals surface area (Å²) < 4.78 is 45.6. The van der Waals surface area contributed by atoms with Crippen molar-refractivity contribution >= 4 is 17.5 Å². The molecule has 5 rings (SSSR count). The molecular weight excluding hydrogens is 473 g/mol. The maximum atomic E-state index is 13.4. The highest BCUT2D eigenvalue weighted by molar-refractivity contribution is 5.82. The Morgan fingerprint density at radius 1 is 1.11 bits per heavy atom. The Morgan fingerprint density at radius 2 is 1.89 bits per heavy atom. The summed E-state index contributed by atoms with van der Waals surface area (Å²) in [6.07, 6.45) is 0.0156. The van der Waals surface area contributed by atoms with Crippen molar-refractivity contribution in [3.8, 4) is 0 Å². The minimum Gasteiger partial charge on any atom is -0.379 e. The molecule has 0 radical (unpaired) electrons. The average Bonchev–Trinajstić information content (AvgIpc) is 2.90. The highest BCUT2D eigenvalue weighted by Crippen LogP contribution is 2.40. The number of carbonyl (C=O) groups is 1. The monoisotopic (exact) mass is 504 g/mol. The number of fused-ring (bicyclic) bond motifs is 3.